The fraction of sp³-hybridized carbons (Fsp3) is 0.118. The van der Waals surface area contributed by atoms with Crippen LogP contribution in [0.25, 0.3) is 11.6 Å². The molecule has 0 saturated heterocycles. The van der Waals surface area contributed by atoms with Crippen LogP contribution in [0.2, 0.25) is 0 Å². The molecule has 2 N–H and O–H groups in total. The van der Waals surface area contributed by atoms with Gasteiger partial charge in [0, 0.05) is 0 Å². The molecule has 0 radical (unpaired) electrons. The number of ether oxygens (including phenoxy) is 1. The highest BCUT2D eigenvalue weighted by atomic mass is 16.5. The second-order valence-electron chi connectivity index (χ2n) is 4.99. The van der Waals surface area contributed by atoms with E-state index >= 15 is 0 Å². The third kappa shape index (κ3) is 3.86. The van der Waals surface area contributed by atoms with Crippen LogP contribution < -0.4 is 15.8 Å². The molecule has 3 aromatic rings. The molecule has 1 aromatic carbocycles. The maximum Gasteiger partial charge on any atom is 0.439 e. The Bertz CT molecular complexity index is 937. The average molecular weight is 341 g/mol. The van der Waals surface area contributed by atoms with E-state index in [2.05, 4.69) is 26.6 Å². The lowest BCUT2D eigenvalue weighted by molar-refractivity contribution is 0.0944. The first-order chi connectivity index (χ1) is 12.2. The van der Waals surface area contributed by atoms with Crippen LogP contribution in [0.15, 0.2) is 62.8 Å². The number of amides is 1. The molecule has 128 valence electrons. The maximum absolute atomic E-state index is 12.3. The van der Waals surface area contributed by atoms with Gasteiger partial charge in [0.1, 0.15) is 18.1 Å². The van der Waals surface area contributed by atoms with Gasteiger partial charge in [-0.1, -0.05) is 29.9 Å². The van der Waals surface area contributed by atoms with Gasteiger partial charge in [-0.3, -0.25) is 14.3 Å². The molecule has 0 spiro atoms. The topological polar surface area (TPSA) is 110 Å². The normalized spacial score (nSPS) is 10.4. The Labute approximate surface area is 142 Å². The number of hydrogen-bond acceptors (Lipinski definition) is 6. The molecular formula is C17H15N3O5. The predicted octanol–water partition coefficient (Wildman–Crippen LogP) is 2.12. The molecule has 2 aromatic heterocycles. The molecule has 1 amide bonds. The van der Waals surface area contributed by atoms with Crippen LogP contribution in [0.1, 0.15) is 16.1 Å². The minimum absolute atomic E-state index is 0.163. The first kappa shape index (κ1) is 16.3. The van der Waals surface area contributed by atoms with Crippen LogP contribution >= 0.6 is 0 Å². The Morgan fingerprint density at radius 1 is 1.32 bits per heavy atom. The Hall–Kier alpha value is -3.55. The molecule has 3 rings (SSSR count). The summed E-state index contributed by atoms with van der Waals surface area (Å²) in [6, 6.07) is 10.2. The van der Waals surface area contributed by atoms with Crippen molar-refractivity contribution in [3.05, 3.63) is 70.9 Å². The highest BCUT2D eigenvalue weighted by Gasteiger charge is 2.14. The summed E-state index contributed by atoms with van der Waals surface area (Å²) >= 11 is 0. The van der Waals surface area contributed by atoms with Crippen LogP contribution in [0.5, 0.6) is 5.75 Å². The van der Waals surface area contributed by atoms with Crippen molar-refractivity contribution in [2.24, 2.45) is 0 Å². The fourth-order valence-corrected chi connectivity index (χ4v) is 2.13. The number of H-pyrrole nitrogens is 1. The summed E-state index contributed by atoms with van der Waals surface area (Å²) in [7, 11) is 0. The Balaban J connectivity index is 1.66. The number of nitrogens with zero attached hydrogens (tertiary/aromatic N) is 1. The summed E-state index contributed by atoms with van der Waals surface area (Å²) in [6.07, 6.45) is 1.60. The van der Waals surface area contributed by atoms with Gasteiger partial charge in [-0.05, 0) is 24.3 Å². The largest absolute Gasteiger partial charge is 0.489 e. The molecule has 8 nitrogen and oxygen atoms in total. The van der Waals surface area contributed by atoms with Crippen molar-refractivity contribution in [2.45, 2.75) is 6.54 Å². The number of rotatable bonds is 7. The Morgan fingerprint density at radius 3 is 2.92 bits per heavy atom. The molecule has 2 heterocycles. The highest BCUT2D eigenvalue weighted by molar-refractivity contribution is 5.96. The van der Waals surface area contributed by atoms with E-state index in [0.717, 1.165) is 0 Å². The maximum atomic E-state index is 12.3. The second kappa shape index (κ2) is 7.35. The molecule has 0 aliphatic rings. The smallest absolute Gasteiger partial charge is 0.439 e. The zero-order chi connectivity index (χ0) is 17.6. The van der Waals surface area contributed by atoms with Crippen LogP contribution in [0, 0.1) is 0 Å². The number of benzene rings is 1. The zero-order valence-electron chi connectivity index (χ0n) is 13.2. The molecular weight excluding hydrogens is 326 g/mol. The van der Waals surface area contributed by atoms with E-state index in [1.807, 2.05) is 0 Å². The van der Waals surface area contributed by atoms with Gasteiger partial charge in [0.15, 0.2) is 5.76 Å². The minimum atomic E-state index is -0.669. The van der Waals surface area contributed by atoms with Gasteiger partial charge < -0.3 is 14.5 Å². The number of furan rings is 1. The second-order valence-corrected chi connectivity index (χ2v) is 4.99. The van der Waals surface area contributed by atoms with Crippen molar-refractivity contribution >= 4 is 5.91 Å². The summed E-state index contributed by atoms with van der Waals surface area (Å²) in [4.78, 5) is 25.7. The summed E-state index contributed by atoms with van der Waals surface area (Å²) in [6.45, 7) is 4.05. The van der Waals surface area contributed by atoms with Gasteiger partial charge >= 0.3 is 5.76 Å². The van der Waals surface area contributed by atoms with Crippen molar-refractivity contribution in [3.8, 4) is 17.3 Å². The summed E-state index contributed by atoms with van der Waals surface area (Å²) < 4.78 is 15.4. The number of nitrogens with one attached hydrogen (secondary N) is 2. The molecule has 8 heteroatoms. The van der Waals surface area contributed by atoms with Crippen molar-refractivity contribution < 1.29 is 18.5 Å². The molecule has 0 unspecified atom stereocenters. The molecule has 0 saturated carbocycles. The third-order valence-electron chi connectivity index (χ3n) is 3.25. The van der Waals surface area contributed by atoms with Crippen molar-refractivity contribution in [1.29, 1.82) is 0 Å². The summed E-state index contributed by atoms with van der Waals surface area (Å²) in [5.74, 6) is 0.525. The van der Waals surface area contributed by atoms with Crippen LogP contribution in [0.4, 0.5) is 0 Å². The van der Waals surface area contributed by atoms with Crippen LogP contribution in [-0.2, 0) is 6.54 Å². The lowest BCUT2D eigenvalue weighted by Gasteiger charge is -2.09. The standard InChI is InChI=1S/C17H15N3O5/c1-2-9-23-13-6-4-3-5-12(13)16(21)18-10-11-7-8-14(24-11)15-19-17(22)25-20-15/h2-8H,1,9-10H2,(H,18,21)(H,19,20,22). The van der Waals surface area contributed by atoms with E-state index in [4.69, 9.17) is 9.15 Å². The van der Waals surface area contributed by atoms with Crippen molar-refractivity contribution in [2.75, 3.05) is 6.61 Å². The monoisotopic (exact) mass is 341 g/mol. The summed E-state index contributed by atoms with van der Waals surface area (Å²) in [5, 5.41) is 6.28. The summed E-state index contributed by atoms with van der Waals surface area (Å²) in [5.41, 5.74) is 0.414. The third-order valence-corrected chi connectivity index (χ3v) is 3.25. The number of aromatic amines is 1. The predicted molar refractivity (Wildman–Crippen MR) is 88.1 cm³/mol. The molecule has 0 aliphatic carbocycles. The van der Waals surface area contributed by atoms with Crippen LogP contribution in [0.3, 0.4) is 0 Å². The van der Waals surface area contributed by atoms with E-state index in [9.17, 15) is 9.59 Å². The van der Waals surface area contributed by atoms with Crippen molar-refractivity contribution in [1.82, 2.24) is 15.5 Å². The van der Waals surface area contributed by atoms with Gasteiger partial charge in [0.05, 0.1) is 12.1 Å². The highest BCUT2D eigenvalue weighted by Crippen LogP contribution is 2.19. The van der Waals surface area contributed by atoms with Crippen molar-refractivity contribution in [3.63, 3.8) is 0 Å². The quantitative estimate of drug-likeness (QED) is 0.637. The molecule has 0 bridgehead atoms. The molecule has 0 atom stereocenters. The van der Waals surface area contributed by atoms with E-state index < -0.39 is 5.76 Å². The lowest BCUT2D eigenvalue weighted by Crippen LogP contribution is -2.23. The Morgan fingerprint density at radius 2 is 2.16 bits per heavy atom. The van der Waals surface area contributed by atoms with Gasteiger partial charge in [0.25, 0.3) is 5.91 Å². The van der Waals surface area contributed by atoms with Crippen LogP contribution in [-0.4, -0.2) is 22.7 Å². The lowest BCUT2D eigenvalue weighted by atomic mass is 10.2. The average Bonchev–Trinajstić information content (AvgIpc) is 3.27. The van der Waals surface area contributed by atoms with E-state index in [-0.39, 0.29) is 18.3 Å². The number of carbonyl (C=O) groups excluding carboxylic acids is 1. The first-order valence-electron chi connectivity index (χ1n) is 7.43. The van der Waals surface area contributed by atoms with Gasteiger partial charge in [-0.2, -0.15) is 0 Å². The number of carbonyl (C=O) groups is 1. The number of para-hydroxylation sites is 1. The number of hydrogen-bond donors (Lipinski definition) is 2. The molecule has 0 aliphatic heterocycles. The molecule has 0 fully saturated rings. The Kier molecular flexibility index (Phi) is 4.79. The van der Waals surface area contributed by atoms with Gasteiger partial charge in [-0.15, -0.1) is 0 Å². The SMILES string of the molecule is C=CCOc1ccccc1C(=O)NCc1ccc(-c2noc(=O)[nH]2)o1. The first-order valence-corrected chi connectivity index (χ1v) is 7.43. The zero-order valence-corrected chi connectivity index (χ0v) is 13.2. The number of aromatic nitrogens is 2. The molecule has 25 heavy (non-hydrogen) atoms. The van der Waals surface area contributed by atoms with E-state index in [1.165, 1.54) is 0 Å². The van der Waals surface area contributed by atoms with Gasteiger partial charge in [0.2, 0.25) is 5.82 Å². The van der Waals surface area contributed by atoms with E-state index in [0.29, 0.717) is 29.4 Å². The minimum Gasteiger partial charge on any atom is -0.489 e. The van der Waals surface area contributed by atoms with Gasteiger partial charge in [-0.25, -0.2) is 4.79 Å². The fourth-order valence-electron chi connectivity index (χ4n) is 2.13. The van der Waals surface area contributed by atoms with E-state index in [1.54, 1.807) is 42.5 Å².